The van der Waals surface area contributed by atoms with Crippen molar-refractivity contribution in [2.75, 3.05) is 36.0 Å². The van der Waals surface area contributed by atoms with E-state index in [1.54, 1.807) is 75.9 Å². The van der Waals surface area contributed by atoms with Crippen LogP contribution in [0.2, 0.25) is 0 Å². The van der Waals surface area contributed by atoms with E-state index < -0.39 is 97.1 Å². The Bertz CT molecular complexity index is 8120. The topological polar surface area (TPSA) is 380 Å². The van der Waals surface area contributed by atoms with Crippen LogP contribution in [0.5, 0.6) is 0 Å². The fourth-order valence-electron chi connectivity index (χ4n) is 24.9. The average molecular weight is 2070 g/mol. The van der Waals surface area contributed by atoms with Crippen molar-refractivity contribution in [1.82, 2.24) is 125 Å². The van der Waals surface area contributed by atoms with Gasteiger partial charge in [0.05, 0.1) is 138 Å². The minimum Gasteiger partial charge on any atom is -0.334 e. The number of aromatic nitrogens is 25. The van der Waals surface area contributed by atoms with Gasteiger partial charge in [-0.2, -0.15) is 30.5 Å². The van der Waals surface area contributed by atoms with Gasteiger partial charge >= 0.3 is 0 Å². The molecular weight excluding hydrogens is 1960 g/mol. The van der Waals surface area contributed by atoms with Crippen LogP contribution in [-0.4, -0.2) is 190 Å². The lowest BCUT2D eigenvalue weighted by Gasteiger charge is -2.37. The van der Waals surface area contributed by atoms with Gasteiger partial charge in [-0.25, -0.2) is 93.1 Å². The summed E-state index contributed by atoms with van der Waals surface area (Å²) in [6, 6.07) is 37.6. The molecule has 0 radical (unpaired) electrons. The average Bonchev–Trinajstić information content (AvgIpc) is 1.53. The molecule has 4 fully saturated rings. The highest BCUT2D eigenvalue weighted by molar-refractivity contribution is 7.99. The minimum absolute atomic E-state index is 0.0599. The van der Waals surface area contributed by atoms with E-state index in [1.807, 2.05) is 48.5 Å². The molecule has 41 heteroatoms. The molecule has 148 heavy (non-hydrogen) atoms. The molecule has 8 aliphatic carbocycles. The predicted molar refractivity (Wildman–Crippen MR) is 540 cm³/mol. The van der Waals surface area contributed by atoms with E-state index in [1.165, 1.54) is 91.5 Å². The molecule has 0 amide bonds. The second kappa shape index (κ2) is 36.5. The van der Waals surface area contributed by atoms with Gasteiger partial charge in [0.2, 0.25) is 23.4 Å². The van der Waals surface area contributed by atoms with Gasteiger partial charge in [-0.3, -0.25) is 17.8 Å². The Labute approximate surface area is 847 Å². The highest BCUT2D eigenvalue weighted by Gasteiger charge is 2.69. The van der Waals surface area contributed by atoms with E-state index in [4.69, 9.17) is 24.5 Å². The van der Waals surface area contributed by atoms with Crippen LogP contribution in [0.15, 0.2) is 188 Å². The van der Waals surface area contributed by atoms with Gasteiger partial charge in [0.1, 0.15) is 86.7 Å². The maximum atomic E-state index is 14.5. The van der Waals surface area contributed by atoms with E-state index >= 15 is 0 Å². The summed E-state index contributed by atoms with van der Waals surface area (Å²) in [5, 5.41) is 52.7. The van der Waals surface area contributed by atoms with Crippen molar-refractivity contribution in [1.29, 1.82) is 0 Å². The summed E-state index contributed by atoms with van der Waals surface area (Å²) in [4.78, 5) is 45.9. The molecule has 12 aromatic heterocycles. The number of halogens is 8. The molecule has 16 aromatic rings. The molecule has 30 nitrogen and oxygen atoms in total. The highest BCUT2D eigenvalue weighted by atomic mass is 32.2. The van der Waals surface area contributed by atoms with E-state index in [-0.39, 0.29) is 114 Å². The van der Waals surface area contributed by atoms with Gasteiger partial charge in [-0.15, -0.1) is 30.6 Å². The first kappa shape index (κ1) is 99.4. The Balaban J connectivity index is 0.000000116. The van der Waals surface area contributed by atoms with Crippen molar-refractivity contribution in [3.05, 3.63) is 304 Å². The maximum Gasteiger partial charge on any atom is 0.250 e. The first-order valence-electron chi connectivity index (χ1n) is 48.3. The third-order valence-corrected chi connectivity index (χ3v) is 35.3. The van der Waals surface area contributed by atoms with Crippen LogP contribution in [0.3, 0.4) is 0 Å². The molecule has 4 saturated carbocycles. The summed E-state index contributed by atoms with van der Waals surface area (Å²) in [6.07, 6.45) is 20.7. The van der Waals surface area contributed by atoms with Crippen molar-refractivity contribution in [2.45, 2.75) is 172 Å². The summed E-state index contributed by atoms with van der Waals surface area (Å²) < 4.78 is 173. The van der Waals surface area contributed by atoms with Crippen molar-refractivity contribution >= 4 is 46.7 Å². The molecule has 10 atom stereocenters. The maximum absolute atomic E-state index is 14.5. The SMILES string of the molecule is C=Cc1nc(-c2nccc([C@@]34CC[C@@H](c5cc(-c6c(F)cccc6F)nnc53)C4(C)C)n2)no1.C=S(C)(=O)CCn1cnc(-c2cccc([C@@]34CC[C@@H](c5cc(-c6c(F)cccc6F)nnc53)C4(C)C)n2)n1.C=S(C)(=O)CCn1cnc(-c2nccc([C@@]34CC[C@@H](c5cc(-c6c(F)cccc6F)nnc53)C4(C)C)n2)n1.CC1(C)[C@H]2CC[C@]1(c1cccc(-c3ncnn3CCS(C)(=O)=O)n1)c1nnc(-c3c(F)cccc3F)cc12. The van der Waals surface area contributed by atoms with E-state index in [2.05, 4.69) is 165 Å². The molecule has 8 bridgehead atoms. The second-order valence-electron chi connectivity index (χ2n) is 41.8. The van der Waals surface area contributed by atoms with Crippen molar-refractivity contribution < 1.29 is 56.5 Å². The molecule has 758 valence electrons. The molecule has 0 spiro atoms. The van der Waals surface area contributed by atoms with Crippen LogP contribution < -0.4 is 0 Å². The fraction of sp³-hybridized carbons (Fsp3) is 0.346. The molecule has 12 heterocycles. The number of fused-ring (bicyclic) bond motifs is 20. The zero-order valence-corrected chi connectivity index (χ0v) is 85.1. The number of hydrogen-bond donors (Lipinski definition) is 0. The third-order valence-electron chi connectivity index (χ3n) is 32.3. The largest absolute Gasteiger partial charge is 0.334 e. The Morgan fingerprint density at radius 2 is 0.703 bits per heavy atom. The van der Waals surface area contributed by atoms with Crippen LogP contribution in [-0.2, 0) is 70.2 Å². The van der Waals surface area contributed by atoms with Crippen LogP contribution in [0.4, 0.5) is 35.1 Å². The fourth-order valence-corrected chi connectivity index (χ4v) is 26.6. The summed E-state index contributed by atoms with van der Waals surface area (Å²) in [6.45, 7) is 22.2. The number of aryl methyl sites for hydroxylation is 3. The van der Waals surface area contributed by atoms with Crippen LogP contribution in [0.1, 0.15) is 204 Å². The quantitative estimate of drug-likeness (QED) is 0.0449. The molecular formula is C107H101F8N25O5S3. The molecule has 0 N–H and O–H groups in total. The van der Waals surface area contributed by atoms with Gasteiger partial charge in [0.15, 0.2) is 17.5 Å². The van der Waals surface area contributed by atoms with Gasteiger partial charge in [-0.05, 0) is 265 Å². The zero-order chi connectivity index (χ0) is 104. The first-order chi connectivity index (χ1) is 70.4. The smallest absolute Gasteiger partial charge is 0.250 e. The minimum atomic E-state index is -3.18. The summed E-state index contributed by atoms with van der Waals surface area (Å²) in [5.74, 6) is 5.96. The first-order valence-corrected chi connectivity index (χ1v) is 54.9. The molecule has 24 rings (SSSR count). The molecule has 2 unspecified atom stereocenters. The molecule has 4 aromatic carbocycles. The lowest BCUT2D eigenvalue weighted by molar-refractivity contribution is 0.242. The predicted octanol–water partition coefficient (Wildman–Crippen LogP) is 18.1. The van der Waals surface area contributed by atoms with Crippen molar-refractivity contribution in [2.24, 2.45) is 21.7 Å². The van der Waals surface area contributed by atoms with Gasteiger partial charge in [-0.1, -0.05) is 104 Å². The highest BCUT2D eigenvalue weighted by Crippen LogP contribution is 2.74. The van der Waals surface area contributed by atoms with Gasteiger partial charge in [0, 0.05) is 42.7 Å². The standard InChI is InChI=1S/C28H28F2N6OS.C27H27F2N7OS.C27H26F2N6O2S.C25H20F2N6O/c1-27(2)18-11-12-28(27,25-17(18)15-22(33-34-25)24-19(29)7-5-8-20(24)30)23-10-6-9-21(32-23)26-31-16-36(35-26)13-14-38(3,4)37;1-26(2)17-8-10-27(26,23-16(17)14-20(33-34-23)22-18(28)6-5-7-19(22)29)21-9-11-30-24(32-21)25-31-15-36(35-25)12-13-38(3,4)37;1-26(2)17-10-11-27(26,24-16(17)14-21(33-34-24)23-18(28)6-4-7-19(23)29)22-9-5-8-20(32-22)25-30-15-31-35(25)12-13-38(3,36)37;1-4-19-30-23(33-34-19)22-28-11-9-18(29-22)25-10-8-14(24(25,2)3)13-12-17(31-32-21(13)25)20-15(26)6-5-7-16(20)27/h5-10,15-16,18H,3,11-14H2,1-2,4H3;5-7,9,11,14-15,17H,3,8,10,12-13H2,1-2,4H3;4-9,14-15,17H,10-13H2,1-3H3;4-7,9,11-12,14H,1,8,10H2,2-3H3/t18-,28-,38?;17-,27-,38?;17-,27-;14-,25-/m0000/s1. The Hall–Kier alpha value is -14.6. The van der Waals surface area contributed by atoms with Crippen LogP contribution in [0, 0.1) is 68.2 Å². The zero-order valence-electron chi connectivity index (χ0n) is 82.6. The lowest BCUT2D eigenvalue weighted by atomic mass is 9.66. The van der Waals surface area contributed by atoms with E-state index in [0.717, 1.165) is 119 Å². The number of benzene rings is 4. The number of nitrogens with zero attached hydrogens (tertiary/aromatic N) is 25. The number of sulfone groups is 1. The summed E-state index contributed by atoms with van der Waals surface area (Å²) in [7, 11) is -7.45. The van der Waals surface area contributed by atoms with Crippen LogP contribution >= 0.6 is 0 Å². The van der Waals surface area contributed by atoms with Crippen molar-refractivity contribution in [3.63, 3.8) is 0 Å². The number of pyridine rings is 2. The Morgan fingerprint density at radius 1 is 0.372 bits per heavy atom. The molecule has 8 aliphatic rings. The normalized spacial score (nSPS) is 22.3. The number of hydrogen-bond acceptors (Lipinski definition) is 27. The summed E-state index contributed by atoms with van der Waals surface area (Å²) in [5.41, 5.74) is 8.34. The van der Waals surface area contributed by atoms with E-state index in [9.17, 15) is 52.0 Å². The lowest BCUT2D eigenvalue weighted by Crippen LogP contribution is -2.38. The Kier molecular flexibility index (Phi) is 24.5. The Morgan fingerprint density at radius 3 is 1.05 bits per heavy atom. The molecule has 0 saturated heterocycles. The molecule has 0 aliphatic heterocycles. The second-order valence-corrected chi connectivity index (χ2v) is 49.6. The van der Waals surface area contributed by atoms with Gasteiger partial charge < -0.3 is 4.52 Å². The monoisotopic (exact) mass is 2060 g/mol. The third kappa shape index (κ3) is 16.3. The summed E-state index contributed by atoms with van der Waals surface area (Å²) >= 11 is 0. The number of rotatable bonds is 22. The van der Waals surface area contributed by atoms with Crippen molar-refractivity contribution in [3.8, 4) is 91.4 Å². The van der Waals surface area contributed by atoms with Gasteiger partial charge in [0.25, 0.3) is 0 Å². The van der Waals surface area contributed by atoms with Crippen LogP contribution in [0.25, 0.3) is 97.4 Å². The van der Waals surface area contributed by atoms with E-state index in [0.29, 0.717) is 65.1 Å².